The van der Waals surface area contributed by atoms with Crippen LogP contribution in [0.4, 0.5) is 0 Å². The first-order chi connectivity index (χ1) is 31.9. The van der Waals surface area contributed by atoms with E-state index >= 15 is 0 Å². The number of aryl methyl sites for hydroxylation is 1. The minimum Gasteiger partial charge on any atom is -0.391 e. The third-order valence-electron chi connectivity index (χ3n) is 15.2. The first-order valence-corrected chi connectivity index (χ1v) is 25.7. The van der Waals surface area contributed by atoms with Crippen molar-refractivity contribution in [2.45, 2.75) is 129 Å². The molecular weight excluding hydrogens is 927 g/mol. The standard InChI is InChI=1S/C53H64BrN7O5S/c1-30(33-15-17-35(18-16-33)45-31(2)55-29-67-45)56-48(64)43-26-38(62)28-60(43)50(66)46(52(3,4)5)57-47(63)36-13-11-32(12-14-36)27-59-23-21-34(22-24-59)37-19-20-39-42(25-37)61-41-10-8-9-40(54)44(41)49(65)58-51(61)53(39,6)7/h8-10,15-20,25,29-30,32,34,36,38,43,46,62H,11-14,21-24,26-28H2,1-7H3,(H,56,64)(H,57,63)/t30-,32?,36?,38+,43-,46+/m0/s1. The maximum Gasteiger partial charge on any atom is 0.281 e. The van der Waals surface area contributed by atoms with Crippen molar-refractivity contribution < 1.29 is 19.5 Å². The van der Waals surface area contributed by atoms with Gasteiger partial charge in [0.05, 0.1) is 50.2 Å². The number of halogens is 1. The van der Waals surface area contributed by atoms with Crippen LogP contribution in [0, 0.1) is 24.2 Å². The lowest BCUT2D eigenvalue weighted by molar-refractivity contribution is -0.145. The summed E-state index contributed by atoms with van der Waals surface area (Å²) < 4.78 is 2.95. The number of nitrogens with one attached hydrogen (secondary N) is 2. The van der Waals surface area contributed by atoms with Gasteiger partial charge in [0, 0.05) is 29.9 Å². The Bertz CT molecular complexity index is 2750. The summed E-state index contributed by atoms with van der Waals surface area (Å²) in [6.45, 7) is 17.1. The van der Waals surface area contributed by atoms with Crippen LogP contribution in [0.25, 0.3) is 27.0 Å². The molecule has 2 aromatic heterocycles. The van der Waals surface area contributed by atoms with Crippen molar-refractivity contribution in [3.63, 3.8) is 0 Å². The van der Waals surface area contributed by atoms with Crippen molar-refractivity contribution in [3.8, 4) is 16.1 Å². The van der Waals surface area contributed by atoms with Crippen LogP contribution in [0.5, 0.6) is 0 Å². The number of aliphatic hydroxyl groups excluding tert-OH is 1. The Labute approximate surface area is 406 Å². The van der Waals surface area contributed by atoms with Crippen LogP contribution in [0.15, 0.2) is 75.4 Å². The second-order valence-electron chi connectivity index (χ2n) is 21.2. The van der Waals surface area contributed by atoms with Crippen LogP contribution in [0.1, 0.15) is 127 Å². The molecule has 3 fully saturated rings. The fourth-order valence-electron chi connectivity index (χ4n) is 11.2. The van der Waals surface area contributed by atoms with Gasteiger partial charge in [-0.15, -0.1) is 11.3 Å². The molecular formula is C53H64BrN7O5S. The highest BCUT2D eigenvalue weighted by Gasteiger charge is 2.46. The monoisotopic (exact) mass is 989 g/mol. The van der Waals surface area contributed by atoms with E-state index < -0.39 is 29.0 Å². The highest BCUT2D eigenvalue weighted by atomic mass is 79.9. The summed E-state index contributed by atoms with van der Waals surface area (Å²) >= 11 is 5.19. The summed E-state index contributed by atoms with van der Waals surface area (Å²) in [5.74, 6) is 0.783. The molecule has 4 aliphatic rings. The molecule has 3 amide bonds. The zero-order valence-electron chi connectivity index (χ0n) is 39.8. The summed E-state index contributed by atoms with van der Waals surface area (Å²) in [4.78, 5) is 69.5. The molecule has 2 saturated heterocycles. The SMILES string of the molecule is Cc1ncsc1-c1ccc([C@H](C)NC(=O)[C@@H]2C[C@@H](O)CN2C(=O)[C@@H](NC(=O)C2CCC(CN3CCC(c4ccc5c(c4)-n4c(nc(=O)c6c(Br)cccc64)C5(C)C)CC3)CC2)C(C)(C)C)cc1. The molecule has 0 unspecified atom stereocenters. The number of piperidine rings is 1. The lowest BCUT2D eigenvalue weighted by Crippen LogP contribution is -2.58. The maximum absolute atomic E-state index is 14.4. The number of aliphatic hydroxyl groups is 1. The van der Waals surface area contributed by atoms with E-state index in [0.717, 1.165) is 101 Å². The Morgan fingerprint density at radius 2 is 1.67 bits per heavy atom. The number of likely N-dealkylation sites (tertiary alicyclic amines) is 2. The van der Waals surface area contributed by atoms with E-state index in [9.17, 15) is 24.3 Å². The van der Waals surface area contributed by atoms with Crippen molar-refractivity contribution in [2.24, 2.45) is 17.3 Å². The minimum atomic E-state index is -0.853. The number of amides is 3. The fraction of sp³-hybridized carbons (Fsp3) is 0.509. The predicted molar refractivity (Wildman–Crippen MR) is 267 cm³/mol. The van der Waals surface area contributed by atoms with Gasteiger partial charge in [-0.1, -0.05) is 63.2 Å². The topological polar surface area (TPSA) is 150 Å². The molecule has 0 spiro atoms. The van der Waals surface area contributed by atoms with Crippen LogP contribution >= 0.6 is 27.3 Å². The molecule has 0 radical (unpaired) electrons. The summed E-state index contributed by atoms with van der Waals surface area (Å²) in [7, 11) is 0. The van der Waals surface area contributed by atoms with Gasteiger partial charge in [-0.3, -0.25) is 23.7 Å². The highest BCUT2D eigenvalue weighted by molar-refractivity contribution is 9.10. The number of fused-ring (bicyclic) bond motifs is 5. The number of hydrogen-bond acceptors (Lipinski definition) is 9. The smallest absolute Gasteiger partial charge is 0.281 e. The third kappa shape index (κ3) is 9.27. The van der Waals surface area contributed by atoms with E-state index in [1.807, 2.05) is 82.6 Å². The second-order valence-corrected chi connectivity index (χ2v) is 22.9. The number of benzene rings is 3. The van der Waals surface area contributed by atoms with Gasteiger partial charge < -0.3 is 25.5 Å². The molecule has 4 atom stereocenters. The molecule has 3 aromatic carbocycles. The number of rotatable bonds is 10. The van der Waals surface area contributed by atoms with Crippen molar-refractivity contribution in [1.29, 1.82) is 0 Å². The summed E-state index contributed by atoms with van der Waals surface area (Å²) in [5.41, 5.74) is 8.10. The lowest BCUT2D eigenvalue weighted by atomic mass is 9.79. The molecule has 1 saturated carbocycles. The molecule has 5 heterocycles. The minimum absolute atomic E-state index is 0.0376. The molecule has 3 aliphatic heterocycles. The zero-order chi connectivity index (χ0) is 47.5. The van der Waals surface area contributed by atoms with E-state index in [1.54, 1.807) is 11.3 Å². The second kappa shape index (κ2) is 18.6. The first-order valence-electron chi connectivity index (χ1n) is 24.1. The van der Waals surface area contributed by atoms with Gasteiger partial charge in [0.1, 0.15) is 17.9 Å². The normalized spacial score (nSPS) is 22.9. The Balaban J connectivity index is 0.775. The van der Waals surface area contributed by atoms with Crippen LogP contribution in [0.2, 0.25) is 0 Å². The fourth-order valence-corrected chi connectivity index (χ4v) is 12.6. The predicted octanol–water partition coefficient (Wildman–Crippen LogP) is 8.58. The van der Waals surface area contributed by atoms with Crippen LogP contribution < -0.4 is 16.2 Å². The number of thiazole rings is 1. The highest BCUT2D eigenvalue weighted by Crippen LogP contribution is 2.45. The van der Waals surface area contributed by atoms with Crippen LogP contribution in [0.3, 0.4) is 0 Å². The van der Waals surface area contributed by atoms with Gasteiger partial charge in [0.25, 0.3) is 5.56 Å². The largest absolute Gasteiger partial charge is 0.391 e. The molecule has 0 bridgehead atoms. The maximum atomic E-state index is 14.4. The molecule has 9 rings (SSSR count). The van der Waals surface area contributed by atoms with Gasteiger partial charge in [-0.2, -0.15) is 4.98 Å². The molecule has 3 N–H and O–H groups in total. The quantitative estimate of drug-likeness (QED) is 0.126. The van der Waals surface area contributed by atoms with Crippen molar-refractivity contribution in [1.82, 2.24) is 35.0 Å². The Morgan fingerprint density at radius 3 is 2.34 bits per heavy atom. The number of β-amino-alcohol motifs (C(OH)–C–C–N with tert-alkyl or cyclic N) is 1. The average Bonchev–Trinajstić information content (AvgIpc) is 3.98. The van der Waals surface area contributed by atoms with E-state index in [1.165, 1.54) is 16.0 Å². The van der Waals surface area contributed by atoms with Gasteiger partial charge in [-0.05, 0) is 153 Å². The number of carbonyl (C=O) groups is 3. The van der Waals surface area contributed by atoms with Crippen LogP contribution in [-0.4, -0.2) is 91.5 Å². The number of hydrogen-bond donors (Lipinski definition) is 3. The summed E-state index contributed by atoms with van der Waals surface area (Å²) in [6.07, 6.45) is 4.90. The van der Waals surface area contributed by atoms with E-state index in [0.29, 0.717) is 17.2 Å². The molecule has 1 aliphatic carbocycles. The van der Waals surface area contributed by atoms with Crippen LogP contribution in [-0.2, 0) is 19.8 Å². The zero-order valence-corrected chi connectivity index (χ0v) is 42.2. The van der Waals surface area contributed by atoms with Crippen molar-refractivity contribution in [3.05, 3.63) is 109 Å². The Hall–Kier alpha value is -4.76. The first kappa shape index (κ1) is 47.3. The van der Waals surface area contributed by atoms with E-state index in [2.05, 4.69) is 78.0 Å². The Kier molecular flexibility index (Phi) is 13.2. The van der Waals surface area contributed by atoms with Gasteiger partial charge in [0.15, 0.2) is 0 Å². The van der Waals surface area contributed by atoms with Gasteiger partial charge in [0.2, 0.25) is 17.7 Å². The third-order valence-corrected chi connectivity index (χ3v) is 16.8. The molecule has 12 nitrogen and oxygen atoms in total. The van der Waals surface area contributed by atoms with Crippen molar-refractivity contribution in [2.75, 3.05) is 26.2 Å². The number of nitrogens with zero attached hydrogens (tertiary/aromatic N) is 5. The molecule has 5 aromatic rings. The van der Waals surface area contributed by atoms with Crippen molar-refractivity contribution >= 4 is 55.9 Å². The van der Waals surface area contributed by atoms with Gasteiger partial charge >= 0.3 is 0 Å². The summed E-state index contributed by atoms with van der Waals surface area (Å²) in [6, 6.07) is 18.8. The van der Waals surface area contributed by atoms with E-state index in [4.69, 9.17) is 0 Å². The average molecular weight is 991 g/mol. The van der Waals surface area contributed by atoms with E-state index in [-0.39, 0.29) is 48.2 Å². The number of aromatic nitrogens is 3. The summed E-state index contributed by atoms with van der Waals surface area (Å²) in [5, 5.41) is 17.6. The molecule has 354 valence electrons. The van der Waals surface area contributed by atoms with Gasteiger partial charge in [-0.25, -0.2) is 4.98 Å². The number of carbonyl (C=O) groups excluding carboxylic acids is 3. The Morgan fingerprint density at radius 1 is 0.955 bits per heavy atom. The lowest BCUT2D eigenvalue weighted by Gasteiger charge is -2.38. The molecule has 67 heavy (non-hydrogen) atoms. The molecule has 14 heteroatoms.